The van der Waals surface area contributed by atoms with E-state index in [0.717, 1.165) is 12.3 Å². The lowest BCUT2D eigenvalue weighted by molar-refractivity contribution is -0.432. The molecule has 1 rings (SSSR count). The van der Waals surface area contributed by atoms with Gasteiger partial charge in [-0.25, -0.2) is 0 Å². The summed E-state index contributed by atoms with van der Waals surface area (Å²) in [6, 6.07) is 0.472. The first kappa shape index (κ1) is 11.2. The molecule has 0 amide bonds. The fourth-order valence-corrected chi connectivity index (χ4v) is 1.38. The fourth-order valence-electron chi connectivity index (χ4n) is 1.38. The normalized spacial score (nSPS) is 20.7. The first-order valence-corrected chi connectivity index (χ1v) is 4.04. The van der Waals surface area contributed by atoms with Crippen LogP contribution in [-0.2, 0) is 0 Å². The predicted octanol–water partition coefficient (Wildman–Crippen LogP) is -2.83. The van der Waals surface area contributed by atoms with E-state index in [-0.39, 0.29) is 12.4 Å². The monoisotopic (exact) mass is 179 g/mol. The van der Waals surface area contributed by atoms with Gasteiger partial charge < -0.3 is 23.2 Å². The molecule has 0 heterocycles. The van der Waals surface area contributed by atoms with Crippen molar-refractivity contribution in [2.24, 2.45) is 5.92 Å². The average molecular weight is 180 g/mol. The van der Waals surface area contributed by atoms with E-state index in [4.69, 9.17) is 0 Å². The van der Waals surface area contributed by atoms with Crippen LogP contribution in [0.3, 0.4) is 0 Å². The van der Waals surface area contributed by atoms with Crippen LogP contribution in [0, 0.1) is 5.92 Å². The van der Waals surface area contributed by atoms with Crippen molar-refractivity contribution in [3.63, 3.8) is 0 Å². The molecule has 4 N–H and O–H groups in total. The third-order valence-corrected chi connectivity index (χ3v) is 2.05. The van der Waals surface area contributed by atoms with Gasteiger partial charge in [0, 0.05) is 12.3 Å². The molecule has 1 aliphatic carbocycles. The van der Waals surface area contributed by atoms with Crippen LogP contribution in [0.1, 0.15) is 33.1 Å². The van der Waals surface area contributed by atoms with Gasteiger partial charge in [-0.2, -0.15) is 0 Å². The molecule has 0 aromatic carbocycles. The van der Waals surface area contributed by atoms with Crippen LogP contribution >= 0.6 is 0 Å². The van der Waals surface area contributed by atoms with E-state index in [2.05, 4.69) is 5.73 Å². The Morgan fingerprint density at radius 1 is 1.55 bits per heavy atom. The summed E-state index contributed by atoms with van der Waals surface area (Å²) in [6.07, 6.45) is 3.49. The van der Waals surface area contributed by atoms with Gasteiger partial charge in [-0.15, -0.1) is 0 Å². The minimum absolute atomic E-state index is 0. The SMILES string of the molecule is CC(C)(O)CC([NH3+])C1CC1.[Cl-]. The van der Waals surface area contributed by atoms with E-state index in [0.29, 0.717) is 6.04 Å². The zero-order chi connectivity index (χ0) is 7.78. The highest BCUT2D eigenvalue weighted by molar-refractivity contribution is 4.83. The van der Waals surface area contributed by atoms with E-state index in [9.17, 15) is 5.11 Å². The van der Waals surface area contributed by atoms with E-state index in [1.54, 1.807) is 0 Å². The Hall–Kier alpha value is 0.210. The van der Waals surface area contributed by atoms with Crippen LogP contribution in [-0.4, -0.2) is 16.7 Å². The molecular weight excluding hydrogens is 162 g/mol. The second kappa shape index (κ2) is 3.74. The van der Waals surface area contributed by atoms with Crippen LogP contribution in [0.25, 0.3) is 0 Å². The maximum absolute atomic E-state index is 9.42. The Morgan fingerprint density at radius 3 is 2.27 bits per heavy atom. The molecule has 0 aromatic heterocycles. The first-order chi connectivity index (χ1) is 4.49. The Morgan fingerprint density at radius 2 is 2.00 bits per heavy atom. The van der Waals surface area contributed by atoms with Crippen molar-refractivity contribution in [3.05, 3.63) is 0 Å². The van der Waals surface area contributed by atoms with Gasteiger partial charge >= 0.3 is 0 Å². The van der Waals surface area contributed by atoms with Crippen molar-refractivity contribution in [1.29, 1.82) is 0 Å². The molecule has 0 aliphatic heterocycles. The number of hydrogen-bond donors (Lipinski definition) is 2. The summed E-state index contributed by atoms with van der Waals surface area (Å²) < 4.78 is 0. The minimum atomic E-state index is -0.519. The smallest absolute Gasteiger partial charge is 0.0899 e. The number of halogens is 1. The number of aliphatic hydroxyl groups is 1. The van der Waals surface area contributed by atoms with Crippen LogP contribution < -0.4 is 18.1 Å². The van der Waals surface area contributed by atoms with Gasteiger partial charge in [-0.05, 0) is 26.7 Å². The van der Waals surface area contributed by atoms with Crippen LogP contribution in [0.15, 0.2) is 0 Å². The summed E-state index contributed by atoms with van der Waals surface area (Å²) in [5, 5.41) is 9.42. The lowest BCUT2D eigenvalue weighted by Crippen LogP contribution is -3.00. The Kier molecular flexibility index (Phi) is 3.82. The van der Waals surface area contributed by atoms with Gasteiger partial charge in [0.2, 0.25) is 0 Å². The third kappa shape index (κ3) is 4.62. The van der Waals surface area contributed by atoms with Crippen LogP contribution in [0.4, 0.5) is 0 Å². The van der Waals surface area contributed by atoms with Crippen molar-refractivity contribution in [2.45, 2.75) is 44.8 Å². The summed E-state index contributed by atoms with van der Waals surface area (Å²) in [5.74, 6) is 0.812. The van der Waals surface area contributed by atoms with E-state index < -0.39 is 5.60 Å². The number of quaternary nitrogens is 1. The topological polar surface area (TPSA) is 47.9 Å². The van der Waals surface area contributed by atoms with Gasteiger partial charge in [0.15, 0.2) is 0 Å². The molecule has 0 spiro atoms. The van der Waals surface area contributed by atoms with Gasteiger partial charge in [0.05, 0.1) is 11.6 Å². The molecule has 11 heavy (non-hydrogen) atoms. The Balaban J connectivity index is 0.000001000. The van der Waals surface area contributed by atoms with E-state index in [1.165, 1.54) is 12.8 Å². The highest BCUT2D eigenvalue weighted by Crippen LogP contribution is 2.33. The lowest BCUT2D eigenvalue weighted by atomic mass is 9.97. The molecule has 1 fully saturated rings. The Bertz CT molecular complexity index is 118. The molecule has 2 nitrogen and oxygen atoms in total. The summed E-state index contributed by atoms with van der Waals surface area (Å²) in [5.41, 5.74) is 3.51. The van der Waals surface area contributed by atoms with Crippen LogP contribution in [0.2, 0.25) is 0 Å². The van der Waals surface area contributed by atoms with E-state index in [1.807, 2.05) is 13.8 Å². The zero-order valence-electron chi connectivity index (χ0n) is 7.31. The largest absolute Gasteiger partial charge is 1.00 e. The van der Waals surface area contributed by atoms with Crippen molar-refractivity contribution in [3.8, 4) is 0 Å². The fraction of sp³-hybridized carbons (Fsp3) is 1.00. The quantitative estimate of drug-likeness (QED) is 0.483. The molecule has 3 heteroatoms. The lowest BCUT2D eigenvalue weighted by Gasteiger charge is -2.19. The van der Waals surface area contributed by atoms with E-state index >= 15 is 0 Å². The first-order valence-electron chi connectivity index (χ1n) is 4.04. The van der Waals surface area contributed by atoms with Crippen molar-refractivity contribution in [2.75, 3.05) is 0 Å². The van der Waals surface area contributed by atoms with Gasteiger partial charge in [0.25, 0.3) is 0 Å². The third-order valence-electron chi connectivity index (χ3n) is 2.05. The molecule has 68 valence electrons. The maximum Gasteiger partial charge on any atom is 0.0899 e. The molecule has 0 bridgehead atoms. The second-order valence-corrected chi connectivity index (χ2v) is 4.11. The minimum Gasteiger partial charge on any atom is -1.00 e. The van der Waals surface area contributed by atoms with Crippen molar-refractivity contribution < 1.29 is 23.2 Å². The predicted molar refractivity (Wildman–Crippen MR) is 40.3 cm³/mol. The van der Waals surface area contributed by atoms with Gasteiger partial charge in [-0.3, -0.25) is 0 Å². The molecule has 1 aliphatic rings. The molecule has 1 atom stereocenters. The molecule has 0 saturated heterocycles. The summed E-state index contributed by atoms with van der Waals surface area (Å²) in [4.78, 5) is 0. The van der Waals surface area contributed by atoms with Crippen molar-refractivity contribution >= 4 is 0 Å². The molecule has 0 aromatic rings. The van der Waals surface area contributed by atoms with Gasteiger partial charge in [0.1, 0.15) is 0 Å². The average Bonchev–Trinajstić information content (AvgIpc) is 2.35. The second-order valence-electron chi connectivity index (χ2n) is 4.11. The summed E-state index contributed by atoms with van der Waals surface area (Å²) in [6.45, 7) is 3.71. The van der Waals surface area contributed by atoms with Gasteiger partial charge in [-0.1, -0.05) is 0 Å². The summed E-state index contributed by atoms with van der Waals surface area (Å²) in [7, 11) is 0. The maximum atomic E-state index is 9.42. The number of hydrogen-bond acceptors (Lipinski definition) is 1. The standard InChI is InChI=1S/C8H17NO.ClH/c1-8(2,10)5-7(9)6-3-4-6;/h6-7,10H,3-5,9H2,1-2H3;1H. The van der Waals surface area contributed by atoms with Crippen molar-refractivity contribution in [1.82, 2.24) is 0 Å². The Labute approximate surface area is 74.6 Å². The molecular formula is C8H18ClNO. The van der Waals surface area contributed by atoms with Crippen LogP contribution in [0.5, 0.6) is 0 Å². The zero-order valence-corrected chi connectivity index (χ0v) is 8.06. The molecule has 1 unspecified atom stereocenters. The highest BCUT2D eigenvalue weighted by atomic mass is 35.5. The molecule has 1 saturated carbocycles. The summed E-state index contributed by atoms with van der Waals surface area (Å²) >= 11 is 0. The number of rotatable bonds is 3. The molecule has 0 radical (unpaired) electrons. The highest BCUT2D eigenvalue weighted by Gasteiger charge is 2.34.